The van der Waals surface area contributed by atoms with Gasteiger partial charge < -0.3 is 9.64 Å². The fraction of sp³-hybridized carbons (Fsp3) is 0.529. The monoisotopic (exact) mass is 359 g/mol. The van der Waals surface area contributed by atoms with Crippen LogP contribution >= 0.6 is 11.5 Å². The second kappa shape index (κ2) is 7.15. The molecule has 0 N–H and O–H groups in total. The van der Waals surface area contributed by atoms with Crippen LogP contribution in [0.15, 0.2) is 24.5 Å². The Kier molecular flexibility index (Phi) is 4.74. The summed E-state index contributed by atoms with van der Waals surface area (Å²) in [5.41, 5.74) is 1.90. The van der Waals surface area contributed by atoms with E-state index in [0.717, 1.165) is 32.7 Å². The van der Waals surface area contributed by atoms with Gasteiger partial charge in [0.1, 0.15) is 4.88 Å². The molecule has 2 saturated heterocycles. The Bertz CT molecular complexity index is 738. The van der Waals surface area contributed by atoms with Crippen LogP contribution in [0.5, 0.6) is 0 Å². The summed E-state index contributed by atoms with van der Waals surface area (Å²) in [6.07, 6.45) is 4.75. The Hall–Kier alpha value is -1.90. The first kappa shape index (κ1) is 16.6. The van der Waals surface area contributed by atoms with Crippen molar-refractivity contribution < 1.29 is 9.53 Å². The number of morpholine rings is 1. The third kappa shape index (κ3) is 3.42. The normalized spacial score (nSPS) is 24.1. The van der Waals surface area contributed by atoms with Crippen molar-refractivity contribution in [3.8, 4) is 0 Å². The fourth-order valence-corrected chi connectivity index (χ4v) is 4.25. The van der Waals surface area contributed by atoms with Crippen LogP contribution in [0.2, 0.25) is 0 Å². The lowest BCUT2D eigenvalue weighted by Crippen LogP contribution is -2.60. The zero-order chi connectivity index (χ0) is 17.2. The van der Waals surface area contributed by atoms with Crippen LogP contribution in [-0.4, -0.2) is 68.7 Å². The Labute approximate surface area is 150 Å². The minimum Gasteiger partial charge on any atom is -0.375 e. The van der Waals surface area contributed by atoms with E-state index in [4.69, 9.17) is 4.74 Å². The number of nitrogens with zero attached hydrogens (tertiary/aromatic N) is 5. The van der Waals surface area contributed by atoms with Crippen molar-refractivity contribution in [1.82, 2.24) is 24.4 Å². The van der Waals surface area contributed by atoms with E-state index < -0.39 is 0 Å². The number of hydrogen-bond donors (Lipinski definition) is 0. The Morgan fingerprint density at radius 3 is 3.12 bits per heavy atom. The number of hydrogen-bond acceptors (Lipinski definition) is 7. The highest BCUT2D eigenvalue weighted by Gasteiger charge is 2.39. The van der Waals surface area contributed by atoms with Crippen LogP contribution in [0.3, 0.4) is 0 Å². The number of fused-ring (bicyclic) bond motifs is 1. The Morgan fingerprint density at radius 1 is 1.44 bits per heavy atom. The van der Waals surface area contributed by atoms with Crippen molar-refractivity contribution in [2.24, 2.45) is 0 Å². The van der Waals surface area contributed by atoms with Crippen molar-refractivity contribution in [3.05, 3.63) is 40.7 Å². The summed E-state index contributed by atoms with van der Waals surface area (Å²) in [6.45, 7) is 5.69. The van der Waals surface area contributed by atoms with Crippen molar-refractivity contribution >= 4 is 17.4 Å². The lowest BCUT2D eigenvalue weighted by molar-refractivity contribution is -0.101. The summed E-state index contributed by atoms with van der Waals surface area (Å²) in [4.78, 5) is 22.0. The molecule has 2 atom stereocenters. The molecule has 2 aliphatic heterocycles. The quantitative estimate of drug-likeness (QED) is 0.824. The van der Waals surface area contributed by atoms with Gasteiger partial charge in [0.15, 0.2) is 0 Å². The van der Waals surface area contributed by atoms with Gasteiger partial charge in [-0.2, -0.15) is 0 Å². The molecule has 0 bridgehead atoms. The van der Waals surface area contributed by atoms with E-state index in [1.54, 1.807) is 6.20 Å². The molecule has 2 aromatic rings. The number of likely N-dealkylation sites (tertiary alicyclic amines) is 1. The predicted molar refractivity (Wildman–Crippen MR) is 93.3 cm³/mol. The second-order valence-corrected chi connectivity index (χ2v) is 7.29. The number of pyridine rings is 1. The smallest absolute Gasteiger partial charge is 0.267 e. The number of carbonyl (C=O) groups excluding carboxylic acids is 1. The van der Waals surface area contributed by atoms with E-state index in [1.807, 2.05) is 24.1 Å². The van der Waals surface area contributed by atoms with E-state index in [9.17, 15) is 4.79 Å². The summed E-state index contributed by atoms with van der Waals surface area (Å²) in [6, 6.07) is 4.27. The second-order valence-electron chi connectivity index (χ2n) is 6.54. The highest BCUT2D eigenvalue weighted by molar-refractivity contribution is 7.07. The fourth-order valence-electron chi connectivity index (χ4n) is 3.62. The maximum absolute atomic E-state index is 12.8. The van der Waals surface area contributed by atoms with Gasteiger partial charge in [0.25, 0.3) is 5.91 Å². The average Bonchev–Trinajstić information content (AvgIpc) is 3.08. The van der Waals surface area contributed by atoms with Gasteiger partial charge in [-0.15, -0.1) is 5.10 Å². The molecular weight excluding hydrogens is 338 g/mol. The molecule has 0 spiro atoms. The number of aromatic nitrogens is 3. The number of aryl methyl sites for hydroxylation is 1. The van der Waals surface area contributed by atoms with E-state index in [-0.39, 0.29) is 18.1 Å². The van der Waals surface area contributed by atoms with E-state index in [0.29, 0.717) is 17.1 Å². The molecular formula is C17H21N5O2S. The maximum Gasteiger partial charge on any atom is 0.267 e. The summed E-state index contributed by atoms with van der Waals surface area (Å²) in [5, 5.41) is 3.96. The van der Waals surface area contributed by atoms with Crippen LogP contribution in [0.4, 0.5) is 0 Å². The van der Waals surface area contributed by atoms with Crippen molar-refractivity contribution in [1.29, 1.82) is 0 Å². The molecule has 132 valence electrons. The highest BCUT2D eigenvalue weighted by Crippen LogP contribution is 2.26. The van der Waals surface area contributed by atoms with Crippen LogP contribution in [0, 0.1) is 6.92 Å². The minimum absolute atomic E-state index is 0.0397. The molecule has 0 aliphatic carbocycles. The first-order chi connectivity index (χ1) is 12.2. The van der Waals surface area contributed by atoms with Gasteiger partial charge in [0.2, 0.25) is 0 Å². The first-order valence-electron chi connectivity index (χ1n) is 8.55. The molecule has 0 aromatic carbocycles. The molecule has 2 fully saturated rings. The molecule has 1 amide bonds. The van der Waals surface area contributed by atoms with Crippen molar-refractivity contribution in [3.63, 3.8) is 0 Å². The van der Waals surface area contributed by atoms with Gasteiger partial charge in [-0.05, 0) is 36.5 Å². The van der Waals surface area contributed by atoms with E-state index in [2.05, 4.69) is 25.5 Å². The minimum atomic E-state index is 0.0397. The largest absolute Gasteiger partial charge is 0.375 e. The number of carbonyl (C=O) groups is 1. The van der Waals surface area contributed by atoms with Crippen LogP contribution in [0.1, 0.15) is 27.3 Å². The topological polar surface area (TPSA) is 71.5 Å². The van der Waals surface area contributed by atoms with Gasteiger partial charge in [-0.3, -0.25) is 14.7 Å². The summed E-state index contributed by atoms with van der Waals surface area (Å²) < 4.78 is 9.87. The third-order valence-corrected chi connectivity index (χ3v) is 5.76. The molecule has 25 heavy (non-hydrogen) atoms. The zero-order valence-electron chi connectivity index (χ0n) is 14.2. The summed E-state index contributed by atoms with van der Waals surface area (Å²) in [5.74, 6) is 0.0397. The third-order valence-electron chi connectivity index (χ3n) is 4.94. The van der Waals surface area contributed by atoms with Gasteiger partial charge in [0.05, 0.1) is 24.4 Å². The predicted octanol–water partition coefficient (Wildman–Crippen LogP) is 1.36. The van der Waals surface area contributed by atoms with Gasteiger partial charge in [-0.25, -0.2) is 0 Å². The average molecular weight is 359 g/mol. The van der Waals surface area contributed by atoms with Crippen LogP contribution in [0.25, 0.3) is 0 Å². The number of piperidine rings is 1. The summed E-state index contributed by atoms with van der Waals surface area (Å²) >= 11 is 1.18. The molecule has 0 saturated carbocycles. The molecule has 2 aromatic heterocycles. The number of ether oxygens (including phenoxy) is 1. The van der Waals surface area contributed by atoms with Crippen molar-refractivity contribution in [2.45, 2.75) is 32.0 Å². The molecule has 0 radical (unpaired) electrons. The number of rotatable bonds is 3. The SMILES string of the molecule is Cc1nnsc1C(=O)N1CC[C@H]2OCCN(Cc3cccnc3)[C@@H]2C1. The Morgan fingerprint density at radius 2 is 2.36 bits per heavy atom. The standard InChI is InChI=1S/C17H21N5O2S/c1-12-16(25-20-19-12)17(23)22-6-4-15-14(11-22)21(7-8-24-15)10-13-3-2-5-18-9-13/h2-3,5,9,14-15H,4,6-8,10-11H2,1H3/t14-,15-/m1/s1. The zero-order valence-corrected chi connectivity index (χ0v) is 15.0. The highest BCUT2D eigenvalue weighted by atomic mass is 32.1. The van der Waals surface area contributed by atoms with Crippen molar-refractivity contribution in [2.75, 3.05) is 26.2 Å². The first-order valence-corrected chi connectivity index (χ1v) is 9.32. The molecule has 2 aliphatic rings. The van der Waals surface area contributed by atoms with E-state index >= 15 is 0 Å². The molecule has 0 unspecified atom stereocenters. The Balaban J connectivity index is 1.49. The van der Waals surface area contributed by atoms with Gasteiger partial charge in [-0.1, -0.05) is 10.6 Å². The van der Waals surface area contributed by atoms with E-state index in [1.165, 1.54) is 17.1 Å². The molecule has 4 heterocycles. The number of amides is 1. The summed E-state index contributed by atoms with van der Waals surface area (Å²) in [7, 11) is 0. The lowest BCUT2D eigenvalue weighted by Gasteiger charge is -2.47. The lowest BCUT2D eigenvalue weighted by atomic mass is 9.98. The molecule has 4 rings (SSSR count). The van der Waals surface area contributed by atoms with Gasteiger partial charge >= 0.3 is 0 Å². The van der Waals surface area contributed by atoms with Crippen LogP contribution < -0.4 is 0 Å². The van der Waals surface area contributed by atoms with Gasteiger partial charge in [0, 0.05) is 38.6 Å². The molecule has 8 heteroatoms. The maximum atomic E-state index is 12.8. The molecule has 7 nitrogen and oxygen atoms in total. The van der Waals surface area contributed by atoms with Crippen LogP contribution in [-0.2, 0) is 11.3 Å².